The summed E-state index contributed by atoms with van der Waals surface area (Å²) >= 11 is 0. The van der Waals surface area contributed by atoms with Gasteiger partial charge in [0, 0.05) is 11.7 Å². The number of hydrogen-bond acceptors (Lipinski definition) is 4. The molecule has 6 heteroatoms. The minimum absolute atomic E-state index is 0.189. The molecule has 1 amide bonds. The third-order valence-corrected chi connectivity index (χ3v) is 3.36. The molecule has 0 saturated carbocycles. The predicted octanol–water partition coefficient (Wildman–Crippen LogP) is 2.59. The molecule has 0 atom stereocenters. The van der Waals surface area contributed by atoms with Gasteiger partial charge in [-0.05, 0) is 51.1 Å². The maximum atomic E-state index is 12.1. The van der Waals surface area contributed by atoms with E-state index in [-0.39, 0.29) is 11.9 Å². The Morgan fingerprint density at radius 3 is 2.48 bits per heavy atom. The number of hydrogen-bond donors (Lipinski definition) is 1. The van der Waals surface area contributed by atoms with Gasteiger partial charge in [-0.3, -0.25) is 9.48 Å². The van der Waals surface area contributed by atoms with Crippen LogP contribution in [0, 0.1) is 6.92 Å². The third kappa shape index (κ3) is 4.48. The van der Waals surface area contributed by atoms with Crippen molar-refractivity contribution in [2.75, 3.05) is 20.3 Å². The van der Waals surface area contributed by atoms with Gasteiger partial charge >= 0.3 is 0 Å². The molecule has 2 rings (SSSR count). The van der Waals surface area contributed by atoms with Crippen molar-refractivity contribution in [3.63, 3.8) is 0 Å². The first-order valence-electron chi connectivity index (χ1n) is 7.62. The smallest absolute Gasteiger partial charge is 0.271 e. The van der Waals surface area contributed by atoms with Crippen molar-refractivity contribution in [1.82, 2.24) is 15.1 Å². The summed E-state index contributed by atoms with van der Waals surface area (Å²) in [7, 11) is 1.62. The van der Waals surface area contributed by atoms with Crippen molar-refractivity contribution < 1.29 is 14.3 Å². The van der Waals surface area contributed by atoms with E-state index in [9.17, 15) is 4.79 Å². The summed E-state index contributed by atoms with van der Waals surface area (Å²) < 4.78 is 12.5. The first-order chi connectivity index (χ1) is 11.0. The number of aryl methyl sites for hydroxylation is 1. The number of carbonyl (C=O) groups is 1. The Bertz CT molecular complexity index is 648. The molecule has 0 aliphatic rings. The molecule has 0 aliphatic heterocycles. The molecular weight excluding hydrogens is 294 g/mol. The van der Waals surface area contributed by atoms with E-state index in [1.54, 1.807) is 13.2 Å². The minimum atomic E-state index is -0.189. The molecule has 1 N–H and O–H groups in total. The summed E-state index contributed by atoms with van der Waals surface area (Å²) in [5.74, 6) is 1.33. The maximum Gasteiger partial charge on any atom is 0.271 e. The van der Waals surface area contributed by atoms with Gasteiger partial charge in [-0.2, -0.15) is 5.10 Å². The Kier molecular flexibility index (Phi) is 5.62. The summed E-state index contributed by atoms with van der Waals surface area (Å²) in [5.41, 5.74) is 1.40. The highest BCUT2D eigenvalue weighted by atomic mass is 16.5. The van der Waals surface area contributed by atoms with Crippen LogP contribution in [0.2, 0.25) is 0 Å². The number of nitrogens with zero attached hydrogens (tertiary/aromatic N) is 2. The molecule has 2 aromatic rings. The molecule has 1 aromatic carbocycles. The molecule has 0 bridgehead atoms. The number of nitrogens with one attached hydrogen (secondary N) is 1. The highest BCUT2D eigenvalue weighted by Crippen LogP contribution is 2.16. The molecule has 124 valence electrons. The van der Waals surface area contributed by atoms with Gasteiger partial charge in [0.25, 0.3) is 5.91 Å². The van der Waals surface area contributed by atoms with E-state index in [2.05, 4.69) is 10.4 Å². The molecular formula is C17H23N3O3. The van der Waals surface area contributed by atoms with Crippen LogP contribution in [0.3, 0.4) is 0 Å². The van der Waals surface area contributed by atoms with Gasteiger partial charge < -0.3 is 14.8 Å². The zero-order valence-corrected chi connectivity index (χ0v) is 14.0. The average Bonchev–Trinajstić information content (AvgIpc) is 2.94. The lowest BCUT2D eigenvalue weighted by Crippen LogP contribution is -2.28. The summed E-state index contributed by atoms with van der Waals surface area (Å²) in [6, 6.07) is 9.34. The van der Waals surface area contributed by atoms with Crippen LogP contribution < -0.4 is 14.8 Å². The van der Waals surface area contributed by atoms with Gasteiger partial charge in [0.1, 0.15) is 23.8 Å². The molecule has 0 spiro atoms. The number of carbonyl (C=O) groups excluding carboxylic acids is 1. The number of aromatic nitrogens is 2. The van der Waals surface area contributed by atoms with Crippen molar-refractivity contribution in [2.45, 2.75) is 26.8 Å². The molecule has 1 heterocycles. The van der Waals surface area contributed by atoms with E-state index in [0.29, 0.717) is 18.8 Å². The molecule has 0 saturated heterocycles. The van der Waals surface area contributed by atoms with Crippen LogP contribution in [0.4, 0.5) is 0 Å². The van der Waals surface area contributed by atoms with Gasteiger partial charge in [0.05, 0.1) is 13.7 Å². The Morgan fingerprint density at radius 1 is 1.26 bits per heavy atom. The van der Waals surface area contributed by atoms with Crippen molar-refractivity contribution in [2.24, 2.45) is 0 Å². The third-order valence-electron chi connectivity index (χ3n) is 3.36. The molecule has 0 radical (unpaired) electrons. The zero-order valence-electron chi connectivity index (χ0n) is 14.0. The fourth-order valence-corrected chi connectivity index (χ4v) is 2.22. The van der Waals surface area contributed by atoms with E-state index in [4.69, 9.17) is 9.47 Å². The molecule has 1 aromatic heterocycles. The number of amides is 1. The largest absolute Gasteiger partial charge is 0.497 e. The number of rotatable bonds is 7. The SMILES string of the molecule is COc1ccc(OCCNC(=O)c2cc(C)n(C(C)C)n2)cc1. The van der Waals surface area contributed by atoms with Crippen molar-refractivity contribution in [3.8, 4) is 11.5 Å². The lowest BCUT2D eigenvalue weighted by molar-refractivity contribution is 0.0941. The van der Waals surface area contributed by atoms with Crippen LogP contribution in [-0.4, -0.2) is 35.9 Å². The zero-order chi connectivity index (χ0) is 16.8. The molecule has 0 fully saturated rings. The van der Waals surface area contributed by atoms with Crippen LogP contribution >= 0.6 is 0 Å². The quantitative estimate of drug-likeness (QED) is 0.797. The molecule has 23 heavy (non-hydrogen) atoms. The van der Waals surface area contributed by atoms with Gasteiger partial charge in [0.15, 0.2) is 0 Å². The fourth-order valence-electron chi connectivity index (χ4n) is 2.22. The molecule has 0 aliphatic carbocycles. The van der Waals surface area contributed by atoms with Gasteiger partial charge in [0.2, 0.25) is 0 Å². The number of ether oxygens (including phenoxy) is 2. The van der Waals surface area contributed by atoms with Gasteiger partial charge in [-0.25, -0.2) is 0 Å². The number of methoxy groups -OCH3 is 1. The van der Waals surface area contributed by atoms with E-state index in [0.717, 1.165) is 17.2 Å². The highest BCUT2D eigenvalue weighted by molar-refractivity contribution is 5.92. The fraction of sp³-hybridized carbons (Fsp3) is 0.412. The first kappa shape index (κ1) is 16.9. The topological polar surface area (TPSA) is 65.4 Å². The Morgan fingerprint density at radius 2 is 1.91 bits per heavy atom. The predicted molar refractivity (Wildman–Crippen MR) is 88.2 cm³/mol. The Hall–Kier alpha value is -2.50. The maximum absolute atomic E-state index is 12.1. The number of benzene rings is 1. The van der Waals surface area contributed by atoms with E-state index in [1.165, 1.54) is 0 Å². The summed E-state index contributed by atoms with van der Waals surface area (Å²) in [6.45, 7) is 6.81. The van der Waals surface area contributed by atoms with Crippen LogP contribution in [0.5, 0.6) is 11.5 Å². The van der Waals surface area contributed by atoms with Crippen LogP contribution in [-0.2, 0) is 0 Å². The van der Waals surface area contributed by atoms with Crippen LogP contribution in [0.25, 0.3) is 0 Å². The normalized spacial score (nSPS) is 10.7. The molecule has 6 nitrogen and oxygen atoms in total. The second-order valence-electron chi connectivity index (χ2n) is 5.49. The average molecular weight is 317 g/mol. The van der Waals surface area contributed by atoms with Crippen LogP contribution in [0.15, 0.2) is 30.3 Å². The summed E-state index contributed by atoms with van der Waals surface area (Å²) in [4.78, 5) is 12.1. The van der Waals surface area contributed by atoms with E-state index < -0.39 is 0 Å². The Balaban J connectivity index is 1.79. The standard InChI is InChI=1S/C17H23N3O3/c1-12(2)20-13(3)11-16(19-20)17(21)18-9-10-23-15-7-5-14(22-4)6-8-15/h5-8,11-12H,9-10H2,1-4H3,(H,18,21). The minimum Gasteiger partial charge on any atom is -0.497 e. The van der Waals surface area contributed by atoms with Gasteiger partial charge in [-0.15, -0.1) is 0 Å². The lowest BCUT2D eigenvalue weighted by atomic mass is 10.3. The van der Waals surface area contributed by atoms with E-state index in [1.807, 2.05) is 49.7 Å². The van der Waals surface area contributed by atoms with E-state index >= 15 is 0 Å². The molecule has 0 unspecified atom stereocenters. The lowest BCUT2D eigenvalue weighted by Gasteiger charge is -2.08. The first-order valence-corrected chi connectivity index (χ1v) is 7.62. The second kappa shape index (κ2) is 7.67. The highest BCUT2D eigenvalue weighted by Gasteiger charge is 2.13. The summed E-state index contributed by atoms with van der Waals surface area (Å²) in [5, 5.41) is 7.12. The van der Waals surface area contributed by atoms with Gasteiger partial charge in [-0.1, -0.05) is 0 Å². The monoisotopic (exact) mass is 317 g/mol. The van der Waals surface area contributed by atoms with Crippen LogP contribution in [0.1, 0.15) is 36.1 Å². The Labute approximate surface area is 136 Å². The van der Waals surface area contributed by atoms with Crippen molar-refractivity contribution in [1.29, 1.82) is 0 Å². The van der Waals surface area contributed by atoms with Crippen molar-refractivity contribution >= 4 is 5.91 Å². The van der Waals surface area contributed by atoms with Crippen molar-refractivity contribution in [3.05, 3.63) is 41.7 Å². The second-order valence-corrected chi connectivity index (χ2v) is 5.49. The summed E-state index contributed by atoms with van der Waals surface area (Å²) in [6.07, 6.45) is 0.